The van der Waals surface area contributed by atoms with Gasteiger partial charge in [0.1, 0.15) is 0 Å². The molecule has 1 unspecified atom stereocenters. The molecule has 1 N–H and O–H groups in total. The summed E-state index contributed by atoms with van der Waals surface area (Å²) in [7, 11) is 0. The Hall–Kier alpha value is -0.0600. The molecule has 0 aliphatic heterocycles. The van der Waals surface area contributed by atoms with E-state index < -0.39 is 0 Å². The molecule has 1 aromatic rings. The topological polar surface area (TPSA) is 29.1 Å². The molecular weight excluding hydrogens is 381 g/mol. The first-order chi connectivity index (χ1) is 8.45. The van der Waals surface area contributed by atoms with Gasteiger partial charge < -0.3 is 5.32 Å². The minimum Gasteiger partial charge on any atom is -0.349 e. The molecule has 0 radical (unpaired) electrons. The Morgan fingerprint density at radius 2 is 2.11 bits per heavy atom. The number of rotatable bonds is 5. The van der Waals surface area contributed by atoms with Gasteiger partial charge >= 0.3 is 0 Å². The summed E-state index contributed by atoms with van der Waals surface area (Å²) in [5.74, 6) is 0.321. The predicted octanol–water partition coefficient (Wildman–Crippen LogP) is 4.64. The summed E-state index contributed by atoms with van der Waals surface area (Å²) in [6, 6.07) is 5.38. The minimum absolute atomic E-state index is 0.0796. The van der Waals surface area contributed by atoms with Crippen molar-refractivity contribution in [3.63, 3.8) is 0 Å². The highest BCUT2D eigenvalue weighted by atomic mass is 79.9. The van der Waals surface area contributed by atoms with Gasteiger partial charge in [-0.3, -0.25) is 4.79 Å². The van der Waals surface area contributed by atoms with Crippen LogP contribution in [0.25, 0.3) is 0 Å². The van der Waals surface area contributed by atoms with Crippen LogP contribution in [0, 0.1) is 5.92 Å². The van der Waals surface area contributed by atoms with Crippen molar-refractivity contribution < 1.29 is 4.79 Å². The lowest BCUT2D eigenvalue weighted by atomic mass is 10.0. The number of carbonyl (C=O) groups is 1. The van der Waals surface area contributed by atoms with Gasteiger partial charge in [-0.15, -0.1) is 0 Å². The zero-order chi connectivity index (χ0) is 13.7. The van der Waals surface area contributed by atoms with E-state index in [-0.39, 0.29) is 11.9 Å². The van der Waals surface area contributed by atoms with Gasteiger partial charge in [-0.1, -0.05) is 41.4 Å². The average Bonchev–Trinajstić information content (AvgIpc) is 2.31. The van der Waals surface area contributed by atoms with E-state index in [1.165, 1.54) is 0 Å². The van der Waals surface area contributed by atoms with Gasteiger partial charge in [0.15, 0.2) is 0 Å². The Bertz CT molecular complexity index is 423. The van der Waals surface area contributed by atoms with Crippen molar-refractivity contribution in [2.24, 2.45) is 5.92 Å². The highest BCUT2D eigenvalue weighted by molar-refractivity contribution is 9.10. The third kappa shape index (κ3) is 4.56. The van der Waals surface area contributed by atoms with Gasteiger partial charge in [-0.25, -0.2) is 0 Å². The fraction of sp³-hybridized carbons (Fsp3) is 0.462. The molecule has 0 saturated carbocycles. The molecule has 5 heteroatoms. The molecular formula is C13H16Br2ClNO. The summed E-state index contributed by atoms with van der Waals surface area (Å²) in [5.41, 5.74) is 0.587. The Morgan fingerprint density at radius 3 is 2.61 bits per heavy atom. The highest BCUT2D eigenvalue weighted by Crippen LogP contribution is 2.23. The molecule has 0 aliphatic carbocycles. The van der Waals surface area contributed by atoms with Gasteiger partial charge in [0.2, 0.25) is 0 Å². The molecule has 0 spiro atoms. The second-order valence-corrected chi connectivity index (χ2v) is 6.49. The Morgan fingerprint density at radius 1 is 1.44 bits per heavy atom. The van der Waals surface area contributed by atoms with Crippen LogP contribution in [0.3, 0.4) is 0 Å². The molecule has 0 heterocycles. The van der Waals surface area contributed by atoms with Gasteiger partial charge in [-0.05, 0) is 46.5 Å². The van der Waals surface area contributed by atoms with E-state index in [4.69, 9.17) is 11.6 Å². The number of halogens is 3. The molecule has 0 fully saturated rings. The van der Waals surface area contributed by atoms with E-state index in [1.807, 2.05) is 0 Å². The standard InChI is InChI=1S/C13H16Br2ClNO/c1-8(2)12(5-6-14)17-13(18)9-3-4-10(15)11(16)7-9/h3-4,7-8,12H,5-6H2,1-2H3,(H,17,18). The van der Waals surface area contributed by atoms with Gasteiger partial charge in [0.05, 0.1) is 5.02 Å². The van der Waals surface area contributed by atoms with Crippen LogP contribution in [0.15, 0.2) is 22.7 Å². The number of benzene rings is 1. The van der Waals surface area contributed by atoms with Crippen molar-refractivity contribution in [2.45, 2.75) is 26.3 Å². The van der Waals surface area contributed by atoms with Crippen LogP contribution in [-0.4, -0.2) is 17.3 Å². The van der Waals surface area contributed by atoms with Crippen LogP contribution in [0.1, 0.15) is 30.6 Å². The lowest BCUT2D eigenvalue weighted by Gasteiger charge is -2.21. The minimum atomic E-state index is -0.0796. The van der Waals surface area contributed by atoms with Crippen LogP contribution in [0.5, 0.6) is 0 Å². The second kappa shape index (κ2) is 7.51. The van der Waals surface area contributed by atoms with E-state index in [0.29, 0.717) is 16.5 Å². The second-order valence-electron chi connectivity index (χ2n) is 4.43. The first-order valence-corrected chi connectivity index (χ1v) is 8.06. The molecule has 2 nitrogen and oxygen atoms in total. The van der Waals surface area contributed by atoms with Crippen LogP contribution in [0.2, 0.25) is 5.02 Å². The number of carbonyl (C=O) groups excluding carboxylic acids is 1. The quantitative estimate of drug-likeness (QED) is 0.721. The number of hydrogen-bond donors (Lipinski definition) is 1. The van der Waals surface area contributed by atoms with E-state index in [9.17, 15) is 4.79 Å². The predicted molar refractivity (Wildman–Crippen MR) is 83.7 cm³/mol. The van der Waals surface area contributed by atoms with Crippen molar-refractivity contribution in [2.75, 3.05) is 5.33 Å². The van der Waals surface area contributed by atoms with E-state index >= 15 is 0 Å². The Balaban J connectivity index is 2.77. The molecule has 1 atom stereocenters. The number of nitrogens with one attached hydrogen (secondary N) is 1. The molecule has 18 heavy (non-hydrogen) atoms. The normalized spacial score (nSPS) is 12.6. The van der Waals surface area contributed by atoms with Crippen molar-refractivity contribution in [1.29, 1.82) is 0 Å². The van der Waals surface area contributed by atoms with Crippen molar-refractivity contribution in [3.8, 4) is 0 Å². The van der Waals surface area contributed by atoms with E-state index in [2.05, 4.69) is 51.0 Å². The fourth-order valence-electron chi connectivity index (χ4n) is 1.58. The van der Waals surface area contributed by atoms with Crippen LogP contribution < -0.4 is 5.32 Å². The number of hydrogen-bond acceptors (Lipinski definition) is 1. The van der Waals surface area contributed by atoms with E-state index in [0.717, 1.165) is 16.2 Å². The smallest absolute Gasteiger partial charge is 0.251 e. The zero-order valence-corrected chi connectivity index (χ0v) is 14.3. The third-order valence-corrected chi connectivity index (χ3v) is 4.41. The summed E-state index contributed by atoms with van der Waals surface area (Å²) in [5, 5.41) is 4.46. The summed E-state index contributed by atoms with van der Waals surface area (Å²) in [6.45, 7) is 4.20. The summed E-state index contributed by atoms with van der Waals surface area (Å²) in [6.07, 6.45) is 0.910. The van der Waals surface area contributed by atoms with Crippen molar-refractivity contribution >= 4 is 49.4 Å². The van der Waals surface area contributed by atoms with Gasteiger partial charge in [0.25, 0.3) is 5.91 Å². The fourth-order valence-corrected chi connectivity index (χ4v) is 2.50. The lowest BCUT2D eigenvalue weighted by Crippen LogP contribution is -2.38. The van der Waals surface area contributed by atoms with Crippen LogP contribution in [-0.2, 0) is 0 Å². The molecule has 0 saturated heterocycles. The van der Waals surface area contributed by atoms with Crippen LogP contribution in [0.4, 0.5) is 0 Å². The lowest BCUT2D eigenvalue weighted by molar-refractivity contribution is 0.0925. The molecule has 1 amide bonds. The van der Waals surface area contributed by atoms with E-state index in [1.54, 1.807) is 18.2 Å². The monoisotopic (exact) mass is 395 g/mol. The highest BCUT2D eigenvalue weighted by Gasteiger charge is 2.16. The van der Waals surface area contributed by atoms with Gasteiger partial charge in [0, 0.05) is 21.4 Å². The Labute approximate surface area is 130 Å². The molecule has 100 valence electrons. The molecule has 0 bridgehead atoms. The maximum atomic E-state index is 12.1. The van der Waals surface area contributed by atoms with Crippen LogP contribution >= 0.6 is 43.5 Å². The Kier molecular flexibility index (Phi) is 6.67. The molecule has 1 aromatic carbocycles. The average molecular weight is 398 g/mol. The molecule has 0 aromatic heterocycles. The van der Waals surface area contributed by atoms with Crippen molar-refractivity contribution in [3.05, 3.63) is 33.3 Å². The SMILES string of the molecule is CC(C)C(CCBr)NC(=O)c1ccc(Br)c(Cl)c1. The first-order valence-electron chi connectivity index (χ1n) is 5.77. The maximum Gasteiger partial charge on any atom is 0.251 e. The summed E-state index contributed by atoms with van der Waals surface area (Å²) in [4.78, 5) is 12.1. The van der Waals surface area contributed by atoms with Crippen molar-refractivity contribution in [1.82, 2.24) is 5.32 Å². The number of alkyl halides is 1. The molecule has 0 aliphatic rings. The number of amides is 1. The summed E-state index contributed by atoms with van der Waals surface area (Å²) < 4.78 is 0.793. The maximum absolute atomic E-state index is 12.1. The largest absolute Gasteiger partial charge is 0.349 e. The molecule has 1 rings (SSSR count). The third-order valence-electron chi connectivity index (χ3n) is 2.72. The first kappa shape index (κ1) is 16.0. The summed E-state index contributed by atoms with van der Waals surface area (Å²) >= 11 is 12.7. The zero-order valence-electron chi connectivity index (χ0n) is 10.3. The van der Waals surface area contributed by atoms with Gasteiger partial charge in [-0.2, -0.15) is 0 Å².